The fraction of sp³-hybridized carbons (Fsp3) is 0.750. The number of thiazole rings is 1. The van der Waals surface area contributed by atoms with Crippen LogP contribution in [0.4, 0.5) is 0 Å². The van der Waals surface area contributed by atoms with Gasteiger partial charge in [0.2, 0.25) is 0 Å². The molecule has 0 saturated carbocycles. The first kappa shape index (κ1) is 17.6. The van der Waals surface area contributed by atoms with E-state index in [-0.39, 0.29) is 0 Å². The van der Waals surface area contributed by atoms with Crippen molar-refractivity contribution in [1.29, 1.82) is 0 Å². The topological polar surface area (TPSA) is 49.3 Å². The molecule has 0 spiro atoms. The van der Waals surface area contributed by atoms with Crippen molar-refractivity contribution >= 4 is 29.1 Å². The zero-order valence-corrected chi connectivity index (χ0v) is 15.6. The molecule has 1 atom stereocenters. The van der Waals surface area contributed by atoms with Crippen LogP contribution < -0.4 is 10.6 Å². The van der Waals surface area contributed by atoms with Crippen molar-refractivity contribution in [1.82, 2.24) is 15.6 Å². The molecular weight excluding hydrogens is 312 g/mol. The molecule has 0 amide bonds. The Hall–Kier alpha value is -0.750. The molecule has 2 heterocycles. The molecule has 1 aromatic rings. The molecule has 124 valence electrons. The third-order valence-corrected chi connectivity index (χ3v) is 6.52. The summed E-state index contributed by atoms with van der Waals surface area (Å²) in [6, 6.07) is 0. The molecule has 1 aliphatic rings. The summed E-state index contributed by atoms with van der Waals surface area (Å²) >= 11 is 3.88. The van der Waals surface area contributed by atoms with Gasteiger partial charge in [-0.15, -0.1) is 11.3 Å². The Morgan fingerprint density at radius 1 is 1.41 bits per heavy atom. The quantitative estimate of drug-likeness (QED) is 0.591. The molecule has 0 aromatic carbocycles. The van der Waals surface area contributed by atoms with Crippen molar-refractivity contribution < 1.29 is 0 Å². The number of aromatic nitrogens is 1. The molecule has 1 saturated heterocycles. The van der Waals surface area contributed by atoms with E-state index < -0.39 is 0 Å². The summed E-state index contributed by atoms with van der Waals surface area (Å²) in [6.45, 7) is 9.29. The van der Waals surface area contributed by atoms with Gasteiger partial charge in [-0.05, 0) is 38.9 Å². The molecule has 0 bridgehead atoms. The Bertz CT molecular complexity index is 478. The molecule has 0 radical (unpaired) electrons. The second-order valence-electron chi connectivity index (χ2n) is 5.85. The maximum absolute atomic E-state index is 4.78. The highest BCUT2D eigenvalue weighted by molar-refractivity contribution is 8.00. The number of guanidine groups is 1. The monoisotopic (exact) mass is 340 g/mol. The maximum Gasteiger partial charge on any atom is 0.191 e. The van der Waals surface area contributed by atoms with E-state index in [9.17, 15) is 0 Å². The molecule has 2 N–H and O–H groups in total. The van der Waals surface area contributed by atoms with E-state index in [4.69, 9.17) is 4.99 Å². The molecule has 0 aliphatic carbocycles. The average Bonchev–Trinajstić information content (AvgIpc) is 3.14. The summed E-state index contributed by atoms with van der Waals surface area (Å²) in [6.07, 6.45) is 6.63. The fourth-order valence-electron chi connectivity index (χ4n) is 2.46. The van der Waals surface area contributed by atoms with Gasteiger partial charge in [-0.2, -0.15) is 11.8 Å². The fourth-order valence-corrected chi connectivity index (χ4v) is 4.55. The Balaban J connectivity index is 1.80. The van der Waals surface area contributed by atoms with Gasteiger partial charge < -0.3 is 10.6 Å². The van der Waals surface area contributed by atoms with Crippen LogP contribution in [0.2, 0.25) is 0 Å². The Morgan fingerprint density at radius 2 is 2.27 bits per heavy atom. The molecule has 1 unspecified atom stereocenters. The van der Waals surface area contributed by atoms with Crippen molar-refractivity contribution in [3.8, 4) is 0 Å². The van der Waals surface area contributed by atoms with Gasteiger partial charge in [-0.25, -0.2) is 4.98 Å². The predicted molar refractivity (Wildman–Crippen MR) is 99.3 cm³/mol. The van der Waals surface area contributed by atoms with Crippen molar-refractivity contribution in [3.63, 3.8) is 0 Å². The summed E-state index contributed by atoms with van der Waals surface area (Å²) in [5, 5.41) is 7.98. The zero-order chi connectivity index (χ0) is 15.8. The summed E-state index contributed by atoms with van der Waals surface area (Å²) in [5.74, 6) is 2.21. The minimum Gasteiger partial charge on any atom is -0.357 e. The first-order valence-corrected chi connectivity index (χ1v) is 10.0. The smallest absolute Gasteiger partial charge is 0.191 e. The average molecular weight is 341 g/mol. The number of aryl methyl sites for hydroxylation is 1. The number of aliphatic imine (C=N–C) groups is 1. The van der Waals surface area contributed by atoms with E-state index in [1.165, 1.54) is 28.5 Å². The maximum atomic E-state index is 4.78. The third kappa shape index (κ3) is 5.47. The SMILES string of the molecule is CCNC(=NCC1(C)CCCS1)NCCc1ncc(CC)s1. The lowest BCUT2D eigenvalue weighted by Gasteiger charge is -2.21. The van der Waals surface area contributed by atoms with Crippen molar-refractivity contribution in [2.75, 3.05) is 25.4 Å². The Morgan fingerprint density at radius 3 is 2.91 bits per heavy atom. The largest absolute Gasteiger partial charge is 0.357 e. The van der Waals surface area contributed by atoms with Crippen LogP contribution in [0.25, 0.3) is 0 Å². The van der Waals surface area contributed by atoms with E-state index in [0.717, 1.165) is 38.4 Å². The summed E-state index contributed by atoms with van der Waals surface area (Å²) in [7, 11) is 0. The minimum atomic E-state index is 0.327. The summed E-state index contributed by atoms with van der Waals surface area (Å²) in [4.78, 5) is 10.6. The molecule has 22 heavy (non-hydrogen) atoms. The molecule has 1 aliphatic heterocycles. The van der Waals surface area contributed by atoms with Gasteiger partial charge in [-0.1, -0.05) is 6.92 Å². The van der Waals surface area contributed by atoms with Crippen LogP contribution in [0.1, 0.15) is 43.5 Å². The van der Waals surface area contributed by atoms with Crippen LogP contribution in [0.5, 0.6) is 0 Å². The van der Waals surface area contributed by atoms with Gasteiger partial charge in [-0.3, -0.25) is 4.99 Å². The second kappa shape index (κ2) is 8.77. The predicted octanol–water partition coefficient (Wildman–Crippen LogP) is 3.09. The number of rotatable bonds is 7. The molecular formula is C16H28N4S2. The van der Waals surface area contributed by atoms with Crippen LogP contribution in [0, 0.1) is 0 Å². The molecule has 1 fully saturated rings. The van der Waals surface area contributed by atoms with Crippen LogP contribution in [-0.4, -0.2) is 41.1 Å². The number of thioether (sulfide) groups is 1. The lowest BCUT2D eigenvalue weighted by atomic mass is 10.1. The number of nitrogens with one attached hydrogen (secondary N) is 2. The van der Waals surface area contributed by atoms with Gasteiger partial charge in [0.15, 0.2) is 5.96 Å². The number of hydrogen-bond acceptors (Lipinski definition) is 4. The highest BCUT2D eigenvalue weighted by atomic mass is 32.2. The van der Waals surface area contributed by atoms with Gasteiger partial charge >= 0.3 is 0 Å². The van der Waals surface area contributed by atoms with Crippen LogP contribution in [-0.2, 0) is 12.8 Å². The van der Waals surface area contributed by atoms with Crippen molar-refractivity contribution in [3.05, 3.63) is 16.1 Å². The van der Waals surface area contributed by atoms with Gasteiger partial charge in [0.05, 0.1) is 11.6 Å². The van der Waals surface area contributed by atoms with Gasteiger partial charge in [0.25, 0.3) is 0 Å². The highest BCUT2D eigenvalue weighted by Crippen LogP contribution is 2.37. The summed E-state index contributed by atoms with van der Waals surface area (Å²) < 4.78 is 0.327. The minimum absolute atomic E-state index is 0.327. The highest BCUT2D eigenvalue weighted by Gasteiger charge is 2.29. The first-order chi connectivity index (χ1) is 10.6. The number of nitrogens with zero attached hydrogens (tertiary/aromatic N) is 2. The van der Waals surface area contributed by atoms with Crippen LogP contribution >= 0.6 is 23.1 Å². The van der Waals surface area contributed by atoms with Crippen molar-refractivity contribution in [2.45, 2.75) is 51.2 Å². The van der Waals surface area contributed by atoms with E-state index in [2.05, 4.69) is 48.2 Å². The molecule has 4 nitrogen and oxygen atoms in total. The molecule has 1 aromatic heterocycles. The van der Waals surface area contributed by atoms with E-state index in [1.54, 1.807) is 0 Å². The summed E-state index contributed by atoms with van der Waals surface area (Å²) in [5.41, 5.74) is 0. The lowest BCUT2D eigenvalue weighted by Crippen LogP contribution is -2.39. The third-order valence-electron chi connectivity index (χ3n) is 3.80. The van der Waals surface area contributed by atoms with E-state index in [1.807, 2.05) is 17.5 Å². The van der Waals surface area contributed by atoms with E-state index in [0.29, 0.717) is 4.75 Å². The number of hydrogen-bond donors (Lipinski definition) is 2. The molecule has 2 rings (SSSR count). The zero-order valence-electron chi connectivity index (χ0n) is 13.9. The van der Waals surface area contributed by atoms with Gasteiger partial charge in [0, 0.05) is 35.3 Å². The van der Waals surface area contributed by atoms with Crippen LogP contribution in [0.15, 0.2) is 11.2 Å². The Kier molecular flexibility index (Phi) is 7.02. The normalized spacial score (nSPS) is 22.0. The van der Waals surface area contributed by atoms with Crippen molar-refractivity contribution in [2.24, 2.45) is 4.99 Å². The van der Waals surface area contributed by atoms with Crippen LogP contribution in [0.3, 0.4) is 0 Å². The lowest BCUT2D eigenvalue weighted by molar-refractivity contribution is 0.614. The Labute approximate surface area is 142 Å². The standard InChI is InChI=1S/C16H28N4S2/c1-4-13-11-19-14(22-13)7-9-18-15(17-5-2)20-12-16(3)8-6-10-21-16/h11H,4-10,12H2,1-3H3,(H2,17,18,20). The van der Waals surface area contributed by atoms with Gasteiger partial charge in [0.1, 0.15) is 0 Å². The van der Waals surface area contributed by atoms with E-state index >= 15 is 0 Å². The second-order valence-corrected chi connectivity index (χ2v) is 8.73. The molecule has 6 heteroatoms. The first-order valence-electron chi connectivity index (χ1n) is 8.25.